The average Bonchev–Trinajstić information content (AvgIpc) is 2.51. The predicted molar refractivity (Wildman–Crippen MR) is 92.0 cm³/mol. The zero-order chi connectivity index (χ0) is 14.9. The van der Waals surface area contributed by atoms with Crippen molar-refractivity contribution in [2.24, 2.45) is 5.92 Å². The van der Waals surface area contributed by atoms with Gasteiger partial charge >= 0.3 is 0 Å². The molecule has 2 aromatic rings. The lowest BCUT2D eigenvalue weighted by molar-refractivity contribution is 0.447. The first-order valence-electron chi connectivity index (χ1n) is 7.71. The summed E-state index contributed by atoms with van der Waals surface area (Å²) in [6, 6.07) is 18.9. The van der Waals surface area contributed by atoms with E-state index in [1.807, 2.05) is 19.2 Å². The monoisotopic (exact) mass is 301 g/mol. The zero-order valence-corrected chi connectivity index (χ0v) is 13.4. The highest BCUT2D eigenvalue weighted by Gasteiger charge is 2.11. The Morgan fingerprint density at radius 2 is 1.71 bits per heavy atom. The molecular weight excluding hydrogens is 278 g/mol. The molecule has 1 N–H and O–H groups in total. The van der Waals surface area contributed by atoms with Gasteiger partial charge in [0.2, 0.25) is 0 Å². The van der Waals surface area contributed by atoms with Gasteiger partial charge in [0.15, 0.2) is 0 Å². The van der Waals surface area contributed by atoms with E-state index < -0.39 is 0 Å². The Balaban J connectivity index is 1.86. The van der Waals surface area contributed by atoms with E-state index in [4.69, 9.17) is 11.6 Å². The van der Waals surface area contributed by atoms with Gasteiger partial charge in [-0.05, 0) is 62.4 Å². The number of hydrogen-bond donors (Lipinski definition) is 1. The fraction of sp³-hybridized carbons (Fsp3) is 0.368. The van der Waals surface area contributed by atoms with Crippen LogP contribution in [0.3, 0.4) is 0 Å². The molecule has 2 rings (SSSR count). The highest BCUT2D eigenvalue weighted by atomic mass is 35.5. The second-order valence-corrected chi connectivity index (χ2v) is 6.00. The van der Waals surface area contributed by atoms with Crippen molar-refractivity contribution >= 4 is 11.6 Å². The van der Waals surface area contributed by atoms with Crippen LogP contribution in [0, 0.1) is 5.92 Å². The van der Waals surface area contributed by atoms with E-state index >= 15 is 0 Å². The van der Waals surface area contributed by atoms with E-state index in [1.54, 1.807) is 0 Å². The molecule has 0 fully saturated rings. The molecule has 2 heteroatoms. The van der Waals surface area contributed by atoms with E-state index in [-0.39, 0.29) is 0 Å². The van der Waals surface area contributed by atoms with Gasteiger partial charge in [0.05, 0.1) is 0 Å². The van der Waals surface area contributed by atoms with Gasteiger partial charge in [-0.2, -0.15) is 0 Å². The molecule has 0 spiro atoms. The average molecular weight is 302 g/mol. The molecule has 0 saturated heterocycles. The first-order chi connectivity index (χ1) is 10.3. The van der Waals surface area contributed by atoms with Crippen molar-refractivity contribution in [3.63, 3.8) is 0 Å². The van der Waals surface area contributed by atoms with Gasteiger partial charge in [0.25, 0.3) is 0 Å². The fourth-order valence-electron chi connectivity index (χ4n) is 2.78. The fourth-order valence-corrected chi connectivity index (χ4v) is 2.99. The van der Waals surface area contributed by atoms with Gasteiger partial charge < -0.3 is 5.32 Å². The maximum Gasteiger partial charge on any atom is 0.0438 e. The lowest BCUT2D eigenvalue weighted by Gasteiger charge is -2.17. The Bertz CT molecular complexity index is 524. The topological polar surface area (TPSA) is 12.0 Å². The summed E-state index contributed by atoms with van der Waals surface area (Å²) in [5, 5.41) is 4.20. The molecule has 112 valence electrons. The molecule has 0 saturated carbocycles. The largest absolute Gasteiger partial charge is 0.319 e. The van der Waals surface area contributed by atoms with Crippen molar-refractivity contribution in [2.45, 2.75) is 25.7 Å². The molecule has 0 aliphatic carbocycles. The normalized spacial score (nSPS) is 12.3. The Morgan fingerprint density at radius 3 is 2.43 bits per heavy atom. The first kappa shape index (κ1) is 16.1. The summed E-state index contributed by atoms with van der Waals surface area (Å²) in [4.78, 5) is 0. The van der Waals surface area contributed by atoms with Gasteiger partial charge in [0.1, 0.15) is 0 Å². The second kappa shape index (κ2) is 8.86. The number of benzene rings is 2. The van der Waals surface area contributed by atoms with Crippen LogP contribution in [-0.2, 0) is 12.8 Å². The van der Waals surface area contributed by atoms with Gasteiger partial charge in [0, 0.05) is 5.02 Å². The summed E-state index contributed by atoms with van der Waals surface area (Å²) >= 11 is 6.28. The quantitative estimate of drug-likeness (QED) is 0.742. The standard InChI is InChI=1S/C19H24ClN/c1-21-15-17(14-18-12-5-6-13-19(18)20)11-7-10-16-8-3-2-4-9-16/h2-6,8-9,12-13,17,21H,7,10-11,14-15H2,1H3. The summed E-state index contributed by atoms with van der Waals surface area (Å²) in [7, 11) is 2.02. The number of rotatable bonds is 8. The van der Waals surface area contributed by atoms with E-state index in [1.165, 1.54) is 24.0 Å². The maximum absolute atomic E-state index is 6.28. The highest BCUT2D eigenvalue weighted by Crippen LogP contribution is 2.21. The lowest BCUT2D eigenvalue weighted by Crippen LogP contribution is -2.21. The third-order valence-corrected chi connectivity index (χ3v) is 4.25. The van der Waals surface area contributed by atoms with E-state index in [2.05, 4.69) is 47.8 Å². The molecule has 0 bridgehead atoms. The minimum atomic E-state index is 0.638. The second-order valence-electron chi connectivity index (χ2n) is 5.60. The summed E-state index contributed by atoms with van der Waals surface area (Å²) in [6.07, 6.45) is 4.65. The SMILES string of the molecule is CNCC(CCCc1ccccc1)Cc1ccccc1Cl. The van der Waals surface area contributed by atoms with Crippen LogP contribution in [0.4, 0.5) is 0 Å². The number of nitrogens with one attached hydrogen (secondary N) is 1. The van der Waals surface area contributed by atoms with Crippen molar-refractivity contribution in [1.82, 2.24) is 5.32 Å². The summed E-state index contributed by atoms with van der Waals surface area (Å²) in [5.41, 5.74) is 2.69. The first-order valence-corrected chi connectivity index (χ1v) is 8.09. The van der Waals surface area contributed by atoms with E-state index in [9.17, 15) is 0 Å². The molecule has 1 atom stereocenters. The molecule has 1 nitrogen and oxygen atoms in total. The minimum absolute atomic E-state index is 0.638. The Morgan fingerprint density at radius 1 is 1.00 bits per heavy atom. The van der Waals surface area contributed by atoms with Crippen molar-refractivity contribution in [1.29, 1.82) is 0 Å². The molecule has 0 amide bonds. The van der Waals surface area contributed by atoms with Crippen molar-refractivity contribution in [3.05, 3.63) is 70.7 Å². The van der Waals surface area contributed by atoms with Crippen LogP contribution < -0.4 is 5.32 Å². The van der Waals surface area contributed by atoms with Crippen LogP contribution in [-0.4, -0.2) is 13.6 Å². The Hall–Kier alpha value is -1.31. The van der Waals surface area contributed by atoms with Crippen LogP contribution in [0.5, 0.6) is 0 Å². The summed E-state index contributed by atoms with van der Waals surface area (Å²) in [6.45, 7) is 1.04. The van der Waals surface area contributed by atoms with Crippen molar-refractivity contribution in [2.75, 3.05) is 13.6 Å². The molecule has 0 aromatic heterocycles. The van der Waals surface area contributed by atoms with E-state index in [0.717, 1.165) is 24.4 Å². The van der Waals surface area contributed by atoms with E-state index in [0.29, 0.717) is 5.92 Å². The van der Waals surface area contributed by atoms with Crippen LogP contribution in [0.15, 0.2) is 54.6 Å². The van der Waals surface area contributed by atoms with Gasteiger partial charge in [-0.1, -0.05) is 60.1 Å². The van der Waals surface area contributed by atoms with Gasteiger partial charge in [-0.15, -0.1) is 0 Å². The smallest absolute Gasteiger partial charge is 0.0438 e. The molecule has 0 aliphatic heterocycles. The van der Waals surface area contributed by atoms with Crippen LogP contribution in [0.2, 0.25) is 5.02 Å². The number of aryl methyl sites for hydroxylation is 1. The van der Waals surface area contributed by atoms with Crippen molar-refractivity contribution in [3.8, 4) is 0 Å². The van der Waals surface area contributed by atoms with Gasteiger partial charge in [-0.25, -0.2) is 0 Å². The van der Waals surface area contributed by atoms with Crippen LogP contribution in [0.1, 0.15) is 24.0 Å². The summed E-state index contributed by atoms with van der Waals surface area (Å²) < 4.78 is 0. The predicted octanol–water partition coefficient (Wildman–Crippen LogP) is 4.74. The maximum atomic E-state index is 6.28. The number of halogens is 1. The molecule has 21 heavy (non-hydrogen) atoms. The third kappa shape index (κ3) is 5.53. The molecule has 0 aliphatic rings. The van der Waals surface area contributed by atoms with Crippen LogP contribution in [0.25, 0.3) is 0 Å². The minimum Gasteiger partial charge on any atom is -0.319 e. The highest BCUT2D eigenvalue weighted by molar-refractivity contribution is 6.31. The lowest BCUT2D eigenvalue weighted by atomic mass is 9.93. The Labute approximate surface area is 133 Å². The molecule has 1 unspecified atom stereocenters. The van der Waals surface area contributed by atoms with Crippen molar-refractivity contribution < 1.29 is 0 Å². The third-order valence-electron chi connectivity index (χ3n) is 3.88. The Kier molecular flexibility index (Phi) is 6.78. The summed E-state index contributed by atoms with van der Waals surface area (Å²) in [5.74, 6) is 0.638. The van der Waals surface area contributed by atoms with Crippen LogP contribution >= 0.6 is 11.6 Å². The zero-order valence-electron chi connectivity index (χ0n) is 12.7. The molecule has 2 aromatic carbocycles. The molecular formula is C19H24ClN. The molecule has 0 heterocycles. The molecule has 0 radical (unpaired) electrons. The number of hydrogen-bond acceptors (Lipinski definition) is 1. The van der Waals surface area contributed by atoms with Gasteiger partial charge in [-0.3, -0.25) is 0 Å².